The third kappa shape index (κ3) is 47.3. The molecule has 2 N–H and O–H groups in total. The van der Waals surface area contributed by atoms with Crippen LogP contribution >= 0.6 is 0 Å². The summed E-state index contributed by atoms with van der Waals surface area (Å²) in [5.41, 5.74) is 0. The van der Waals surface area contributed by atoms with Gasteiger partial charge in [-0.2, -0.15) is 0 Å². The molecule has 3 radical (unpaired) electrons. The minimum absolute atomic E-state index is 0. The second-order valence-electron chi connectivity index (χ2n) is 0.0816. The predicted octanol–water partition coefficient (Wildman–Crippen LogP) is -0.434. The Labute approximate surface area is 51.0 Å². The van der Waals surface area contributed by atoms with Crippen LogP contribution in [-0.4, -0.2) is 28.5 Å². The Morgan fingerprint density at radius 3 is 1.20 bits per heavy atom. The summed E-state index contributed by atoms with van der Waals surface area (Å²) >= 11 is 0. The average molecular weight is 181 g/mol. The molecular formula is H2AsFeO3. The molecule has 0 aliphatic rings. The molecule has 33 valence electrons. The largest absolute Gasteiger partial charge is 0.221 e. The van der Waals surface area contributed by atoms with Crippen molar-refractivity contribution in [2.45, 2.75) is 0 Å². The maximum Gasteiger partial charge on any atom is 0 e. The molecular weight excluding hydrogens is 179 g/mol. The molecule has 0 aromatic rings. The van der Waals surface area contributed by atoms with E-state index in [1.807, 2.05) is 0 Å². The molecule has 0 saturated carbocycles. The van der Waals surface area contributed by atoms with Crippen LogP contribution < -0.4 is 0 Å². The van der Waals surface area contributed by atoms with Gasteiger partial charge in [0.2, 0.25) is 0 Å². The summed E-state index contributed by atoms with van der Waals surface area (Å²) in [6, 6.07) is 0. The Morgan fingerprint density at radius 1 is 1.20 bits per heavy atom. The van der Waals surface area contributed by atoms with Gasteiger partial charge < -0.3 is 0 Å². The summed E-state index contributed by atoms with van der Waals surface area (Å²) in [6.07, 6.45) is 0. The van der Waals surface area contributed by atoms with E-state index >= 15 is 0 Å². The molecule has 5 heteroatoms. The van der Waals surface area contributed by atoms with Gasteiger partial charge in [-0.1, -0.05) is 5.04 Å². The first-order valence-electron chi connectivity index (χ1n) is 0.365. The first-order valence-corrected chi connectivity index (χ1v) is 0.365. The molecule has 0 aliphatic heterocycles. The van der Waals surface area contributed by atoms with E-state index < -0.39 is 0 Å². The second kappa shape index (κ2) is 20.3. The van der Waals surface area contributed by atoms with E-state index in [-0.39, 0.29) is 35.0 Å². The minimum Gasteiger partial charge on any atom is -0.221 e. The quantitative estimate of drug-likeness (QED) is 0.302. The Hall–Kier alpha value is 0.958. The van der Waals surface area contributed by atoms with Crippen molar-refractivity contribution in [3.63, 3.8) is 0 Å². The van der Waals surface area contributed by atoms with Crippen molar-refractivity contribution in [3.8, 4) is 0 Å². The molecule has 0 heterocycles. The molecule has 0 spiro atoms. The SMILES string of the molecule is OOO.[As].[Fe]. The average Bonchev–Trinajstić information content (AvgIpc) is 0.918. The summed E-state index contributed by atoms with van der Waals surface area (Å²) in [6.45, 7) is 0. The van der Waals surface area contributed by atoms with E-state index in [9.17, 15) is 0 Å². The van der Waals surface area contributed by atoms with Crippen LogP contribution in [-0.2, 0) is 22.1 Å². The summed E-state index contributed by atoms with van der Waals surface area (Å²) in [5, 5.41) is 15.5. The molecule has 0 fully saturated rings. The van der Waals surface area contributed by atoms with Gasteiger partial charge in [-0.25, -0.2) is 10.5 Å². The first-order chi connectivity index (χ1) is 1.41. The van der Waals surface area contributed by atoms with Crippen LogP contribution in [0.1, 0.15) is 0 Å². The van der Waals surface area contributed by atoms with Gasteiger partial charge in [-0.3, -0.25) is 0 Å². The molecule has 0 bridgehead atoms. The molecule has 5 heavy (non-hydrogen) atoms. The summed E-state index contributed by atoms with van der Waals surface area (Å²) < 4.78 is 0. The van der Waals surface area contributed by atoms with Crippen molar-refractivity contribution >= 4 is 18.0 Å². The minimum atomic E-state index is 0. The third-order valence-corrected chi connectivity index (χ3v) is 0. The Balaban J connectivity index is -0.0000000200. The summed E-state index contributed by atoms with van der Waals surface area (Å²) in [4.78, 5) is 0. The number of hydrogen-bond donors (Lipinski definition) is 2. The van der Waals surface area contributed by atoms with E-state index in [0.717, 1.165) is 0 Å². The monoisotopic (exact) mass is 181 g/mol. The molecule has 0 amide bonds. The fraction of sp³-hybridized carbons (Fsp3) is 0. The van der Waals surface area contributed by atoms with E-state index in [1.54, 1.807) is 0 Å². The maximum absolute atomic E-state index is 6.62. The number of hydrogen-bond acceptors (Lipinski definition) is 3. The fourth-order valence-electron chi connectivity index (χ4n) is 0. The van der Waals surface area contributed by atoms with Gasteiger partial charge in [-0.05, 0) is 0 Å². The van der Waals surface area contributed by atoms with Crippen molar-refractivity contribution in [3.05, 3.63) is 0 Å². The molecule has 0 unspecified atom stereocenters. The topological polar surface area (TPSA) is 49.7 Å². The molecule has 0 aliphatic carbocycles. The van der Waals surface area contributed by atoms with Crippen LogP contribution in [0.25, 0.3) is 0 Å². The Kier molecular flexibility index (Phi) is 67.8. The van der Waals surface area contributed by atoms with Crippen LogP contribution in [0.15, 0.2) is 0 Å². The summed E-state index contributed by atoms with van der Waals surface area (Å²) in [5.74, 6) is 0. The van der Waals surface area contributed by atoms with Crippen LogP contribution in [0.3, 0.4) is 0 Å². The Bertz CT molecular complexity index is 6.85. The van der Waals surface area contributed by atoms with E-state index in [2.05, 4.69) is 5.04 Å². The van der Waals surface area contributed by atoms with Crippen molar-refractivity contribution in [2.24, 2.45) is 0 Å². The van der Waals surface area contributed by atoms with Crippen LogP contribution in [0, 0.1) is 0 Å². The van der Waals surface area contributed by atoms with Crippen LogP contribution in [0.5, 0.6) is 0 Å². The predicted molar refractivity (Wildman–Crippen MR) is 12.1 cm³/mol. The zero-order valence-corrected chi connectivity index (χ0v) is 5.08. The summed E-state index contributed by atoms with van der Waals surface area (Å²) in [7, 11) is 0. The second-order valence-corrected chi connectivity index (χ2v) is 0.0816. The molecule has 3 nitrogen and oxygen atoms in total. The molecule has 0 rings (SSSR count). The number of rotatable bonds is 0. The van der Waals surface area contributed by atoms with Crippen LogP contribution in [0.4, 0.5) is 0 Å². The maximum atomic E-state index is 6.62. The van der Waals surface area contributed by atoms with Crippen molar-refractivity contribution in [2.75, 3.05) is 0 Å². The van der Waals surface area contributed by atoms with Crippen molar-refractivity contribution < 1.29 is 32.6 Å². The zero-order valence-electron chi connectivity index (χ0n) is 2.10. The van der Waals surface area contributed by atoms with E-state index in [0.29, 0.717) is 0 Å². The molecule has 0 saturated heterocycles. The standard InChI is InChI=1S/As.Fe.H2O3/c;;1-3-2/h;;1-2H. The van der Waals surface area contributed by atoms with Gasteiger partial charge in [0.25, 0.3) is 0 Å². The van der Waals surface area contributed by atoms with Crippen molar-refractivity contribution in [1.29, 1.82) is 0 Å². The van der Waals surface area contributed by atoms with E-state index in [4.69, 9.17) is 10.5 Å². The smallest absolute Gasteiger partial charge is 0 e. The molecule has 0 aromatic carbocycles. The third-order valence-electron chi connectivity index (χ3n) is 0. The molecule has 0 atom stereocenters. The van der Waals surface area contributed by atoms with E-state index in [1.165, 1.54) is 0 Å². The van der Waals surface area contributed by atoms with Gasteiger partial charge in [-0.15, -0.1) is 0 Å². The van der Waals surface area contributed by atoms with Gasteiger partial charge in [0.15, 0.2) is 0 Å². The van der Waals surface area contributed by atoms with Gasteiger partial charge >= 0.3 is 0 Å². The van der Waals surface area contributed by atoms with Gasteiger partial charge in [0.1, 0.15) is 0 Å². The zero-order chi connectivity index (χ0) is 2.71. The fourth-order valence-corrected chi connectivity index (χ4v) is 0. The van der Waals surface area contributed by atoms with Gasteiger partial charge in [0, 0.05) is 35.0 Å². The Morgan fingerprint density at radius 2 is 1.20 bits per heavy atom. The van der Waals surface area contributed by atoms with Crippen LogP contribution in [0.2, 0.25) is 0 Å². The normalized spacial score (nSPS) is 3.60. The van der Waals surface area contributed by atoms with Gasteiger partial charge in [0.05, 0.1) is 0 Å². The molecule has 0 aromatic heterocycles. The first kappa shape index (κ1) is 16.7. The van der Waals surface area contributed by atoms with Crippen molar-refractivity contribution in [1.82, 2.24) is 0 Å².